The summed E-state index contributed by atoms with van der Waals surface area (Å²) in [6.45, 7) is 1.80. The zero-order valence-electron chi connectivity index (χ0n) is 13.1. The summed E-state index contributed by atoms with van der Waals surface area (Å²) in [7, 11) is 0. The van der Waals surface area contributed by atoms with Crippen molar-refractivity contribution in [3.63, 3.8) is 0 Å². The molecule has 1 N–H and O–H groups in total. The van der Waals surface area contributed by atoms with Crippen LogP contribution in [0.25, 0.3) is 10.9 Å². The predicted molar refractivity (Wildman–Crippen MR) is 91.1 cm³/mol. The first-order valence-corrected chi connectivity index (χ1v) is 8.11. The second-order valence-corrected chi connectivity index (χ2v) is 6.03. The lowest BCUT2D eigenvalue weighted by atomic mass is 10.3. The molecule has 0 saturated carbocycles. The highest BCUT2D eigenvalue weighted by molar-refractivity contribution is 7.16. The summed E-state index contributed by atoms with van der Waals surface area (Å²) in [6.07, 6.45) is 8.05. The molecule has 10 heteroatoms. The van der Waals surface area contributed by atoms with Crippen molar-refractivity contribution in [2.75, 3.05) is 5.32 Å². The molecular formula is C15H12N8OS. The van der Waals surface area contributed by atoms with E-state index in [1.54, 1.807) is 13.0 Å². The number of hydrogen-bond donors (Lipinski definition) is 1. The Bertz CT molecular complexity index is 1010. The third-order valence-corrected chi connectivity index (χ3v) is 4.53. The molecule has 1 amide bonds. The Balaban J connectivity index is 1.58. The number of nitrogens with one attached hydrogen (secondary N) is 1. The van der Waals surface area contributed by atoms with Gasteiger partial charge < -0.3 is 9.88 Å². The molecule has 0 fully saturated rings. The number of nitrogens with zero attached hydrogens (tertiary/aromatic N) is 7. The van der Waals surface area contributed by atoms with Crippen molar-refractivity contribution < 1.29 is 4.79 Å². The van der Waals surface area contributed by atoms with Gasteiger partial charge in [-0.2, -0.15) is 5.10 Å². The van der Waals surface area contributed by atoms with Gasteiger partial charge in [0.1, 0.15) is 29.7 Å². The first-order valence-electron chi connectivity index (χ1n) is 7.30. The quantitative estimate of drug-likeness (QED) is 0.601. The monoisotopic (exact) mass is 352 g/mol. The van der Waals surface area contributed by atoms with Crippen molar-refractivity contribution in [3.8, 4) is 10.9 Å². The molecule has 4 aromatic heterocycles. The van der Waals surface area contributed by atoms with Gasteiger partial charge in [-0.15, -0.1) is 0 Å². The van der Waals surface area contributed by atoms with E-state index in [2.05, 4.69) is 30.4 Å². The van der Waals surface area contributed by atoms with Gasteiger partial charge in [0.05, 0.1) is 5.69 Å². The van der Waals surface area contributed by atoms with Crippen molar-refractivity contribution in [3.05, 3.63) is 60.1 Å². The molecule has 0 aliphatic rings. The Hall–Kier alpha value is -3.40. The molecule has 0 unspecified atom stereocenters. The molecule has 0 radical (unpaired) electrons. The molecule has 0 bridgehead atoms. The van der Waals surface area contributed by atoms with E-state index in [-0.39, 0.29) is 5.91 Å². The summed E-state index contributed by atoms with van der Waals surface area (Å²) in [6, 6.07) is 5.43. The van der Waals surface area contributed by atoms with Crippen LogP contribution in [0.2, 0.25) is 0 Å². The van der Waals surface area contributed by atoms with Crippen LogP contribution in [0.5, 0.6) is 0 Å². The van der Waals surface area contributed by atoms with Gasteiger partial charge in [0.15, 0.2) is 10.9 Å². The number of rotatable bonds is 4. The minimum absolute atomic E-state index is 0.267. The van der Waals surface area contributed by atoms with Gasteiger partial charge in [-0.1, -0.05) is 11.3 Å². The lowest BCUT2D eigenvalue weighted by molar-refractivity contribution is 0.102. The normalized spacial score (nSPS) is 10.8. The standard InChI is InChI=1S/C15H12N8OS/c1-10-13(25-15(20-10)22-4-2-3-5-22)14(24)21-11-6-12(18-8-17-11)23-9-16-7-19-23/h2-9H,1H3,(H,17,18,21,24). The largest absolute Gasteiger partial charge is 0.306 e. The summed E-state index contributed by atoms with van der Waals surface area (Å²) in [4.78, 5) is 29.6. The molecule has 9 nitrogen and oxygen atoms in total. The van der Waals surface area contributed by atoms with Gasteiger partial charge in [0.2, 0.25) is 0 Å². The third-order valence-electron chi connectivity index (χ3n) is 3.36. The maximum Gasteiger partial charge on any atom is 0.268 e. The van der Waals surface area contributed by atoms with Crippen molar-refractivity contribution in [2.24, 2.45) is 0 Å². The molecule has 0 aliphatic carbocycles. The fourth-order valence-electron chi connectivity index (χ4n) is 2.21. The van der Waals surface area contributed by atoms with E-state index in [1.807, 2.05) is 29.1 Å². The second-order valence-electron chi connectivity index (χ2n) is 5.06. The van der Waals surface area contributed by atoms with Crippen LogP contribution in [-0.4, -0.2) is 40.2 Å². The molecule has 0 aliphatic heterocycles. The molecule has 4 aromatic rings. The molecule has 0 saturated heterocycles. The Morgan fingerprint density at radius 3 is 2.80 bits per heavy atom. The molecule has 4 heterocycles. The van der Waals surface area contributed by atoms with Gasteiger partial charge >= 0.3 is 0 Å². The SMILES string of the molecule is Cc1nc(-n2cccc2)sc1C(=O)Nc1cc(-n2cncn2)ncn1. The molecule has 0 spiro atoms. The van der Waals surface area contributed by atoms with Crippen molar-refractivity contribution >= 4 is 23.1 Å². The first-order chi connectivity index (χ1) is 12.2. The van der Waals surface area contributed by atoms with Crippen LogP contribution in [0.1, 0.15) is 15.4 Å². The van der Waals surface area contributed by atoms with E-state index in [1.165, 1.54) is 35.0 Å². The Kier molecular flexibility index (Phi) is 3.78. The molecular weight excluding hydrogens is 340 g/mol. The van der Waals surface area contributed by atoms with Gasteiger partial charge in [-0.25, -0.2) is 24.6 Å². The van der Waals surface area contributed by atoms with Crippen LogP contribution in [0.4, 0.5) is 5.82 Å². The molecule has 25 heavy (non-hydrogen) atoms. The number of carbonyl (C=O) groups is 1. The topological polar surface area (TPSA) is 103 Å². The zero-order valence-corrected chi connectivity index (χ0v) is 13.9. The number of hydrogen-bond acceptors (Lipinski definition) is 7. The van der Waals surface area contributed by atoms with E-state index in [4.69, 9.17) is 0 Å². The lowest BCUT2D eigenvalue weighted by Gasteiger charge is -2.04. The van der Waals surface area contributed by atoms with Gasteiger partial charge in [-0.3, -0.25) is 4.79 Å². The van der Waals surface area contributed by atoms with Crippen LogP contribution < -0.4 is 5.32 Å². The number of anilines is 1. The van der Waals surface area contributed by atoms with E-state index >= 15 is 0 Å². The van der Waals surface area contributed by atoms with Crippen molar-refractivity contribution in [2.45, 2.75) is 6.92 Å². The zero-order chi connectivity index (χ0) is 17.2. The number of aromatic nitrogens is 7. The number of amides is 1. The minimum Gasteiger partial charge on any atom is -0.306 e. The van der Waals surface area contributed by atoms with Crippen molar-refractivity contribution in [1.29, 1.82) is 0 Å². The van der Waals surface area contributed by atoms with Crippen LogP contribution in [0.3, 0.4) is 0 Å². The van der Waals surface area contributed by atoms with Crippen LogP contribution in [-0.2, 0) is 0 Å². The fourth-order valence-corrected chi connectivity index (χ4v) is 3.13. The van der Waals surface area contributed by atoms with E-state index in [9.17, 15) is 4.79 Å². The maximum absolute atomic E-state index is 12.6. The maximum atomic E-state index is 12.6. The van der Waals surface area contributed by atoms with E-state index < -0.39 is 0 Å². The van der Waals surface area contributed by atoms with Crippen LogP contribution in [0.15, 0.2) is 49.6 Å². The number of carbonyl (C=O) groups excluding carboxylic acids is 1. The fraction of sp³-hybridized carbons (Fsp3) is 0.0667. The van der Waals surface area contributed by atoms with Gasteiger partial charge in [0, 0.05) is 18.5 Å². The highest BCUT2D eigenvalue weighted by atomic mass is 32.1. The van der Waals surface area contributed by atoms with E-state index in [0.717, 1.165) is 5.13 Å². The minimum atomic E-state index is -0.267. The van der Waals surface area contributed by atoms with Gasteiger partial charge in [-0.05, 0) is 19.1 Å². The lowest BCUT2D eigenvalue weighted by Crippen LogP contribution is -2.13. The second kappa shape index (κ2) is 6.24. The third kappa shape index (κ3) is 3.02. The summed E-state index contributed by atoms with van der Waals surface area (Å²) < 4.78 is 3.35. The Labute approximate surface area is 146 Å². The highest BCUT2D eigenvalue weighted by Gasteiger charge is 2.17. The average molecular weight is 352 g/mol. The highest BCUT2D eigenvalue weighted by Crippen LogP contribution is 2.22. The summed E-state index contributed by atoms with van der Waals surface area (Å²) in [5.41, 5.74) is 0.664. The van der Waals surface area contributed by atoms with Crippen LogP contribution in [0, 0.1) is 6.92 Å². The Morgan fingerprint density at radius 1 is 1.20 bits per heavy atom. The molecule has 124 valence electrons. The first kappa shape index (κ1) is 15.1. The summed E-state index contributed by atoms with van der Waals surface area (Å²) in [5.74, 6) is 0.620. The summed E-state index contributed by atoms with van der Waals surface area (Å²) in [5, 5.41) is 7.51. The number of thiazole rings is 1. The average Bonchev–Trinajstić information content (AvgIpc) is 3.36. The molecule has 0 atom stereocenters. The smallest absolute Gasteiger partial charge is 0.268 e. The van der Waals surface area contributed by atoms with Gasteiger partial charge in [0.25, 0.3) is 5.91 Å². The summed E-state index contributed by atoms with van der Waals surface area (Å²) >= 11 is 1.32. The van der Waals surface area contributed by atoms with Crippen molar-refractivity contribution in [1.82, 2.24) is 34.3 Å². The molecule has 4 rings (SSSR count). The number of aryl methyl sites for hydroxylation is 1. The molecule has 0 aromatic carbocycles. The van der Waals surface area contributed by atoms with E-state index in [0.29, 0.717) is 22.2 Å². The Morgan fingerprint density at radius 2 is 2.04 bits per heavy atom. The van der Waals surface area contributed by atoms with Crippen LogP contribution >= 0.6 is 11.3 Å². The predicted octanol–water partition coefficient (Wildman–Crippen LogP) is 1.87.